The number of amides is 3. The van der Waals surface area contributed by atoms with Gasteiger partial charge < -0.3 is 36.5 Å². The van der Waals surface area contributed by atoms with Gasteiger partial charge in [-0.05, 0) is 60.2 Å². The molecule has 0 spiro atoms. The van der Waals surface area contributed by atoms with Crippen LogP contribution in [0.2, 0.25) is 10.0 Å². The van der Waals surface area contributed by atoms with Crippen LogP contribution in [0.5, 0.6) is 0 Å². The number of fused-ring (bicyclic) bond motifs is 2. The van der Waals surface area contributed by atoms with E-state index in [-0.39, 0.29) is 28.8 Å². The van der Waals surface area contributed by atoms with Crippen molar-refractivity contribution in [2.75, 3.05) is 62.2 Å². The Hall–Kier alpha value is -7.23. The molecule has 2 fully saturated rings. The SMILES string of the molecule is C=CC(=O)N1CCN(c2c(C(N)=O)cnc3cc(-c4ccccc4F)c(Cl)cc23)CC1.C=CC(=O)N1CCN(c2ncnc3cc(-c4cc(/C(C=N)=C/N)ccc4F)c(Cl)cc23)CC1.CC. The van der Waals surface area contributed by atoms with Gasteiger partial charge in [-0.25, -0.2) is 18.7 Å². The summed E-state index contributed by atoms with van der Waals surface area (Å²) >= 11 is 13.2. The molecular formula is C49H48Cl2F2N10O3. The molecule has 2 aliphatic rings. The van der Waals surface area contributed by atoms with Gasteiger partial charge >= 0.3 is 0 Å². The van der Waals surface area contributed by atoms with Crippen LogP contribution in [0, 0.1) is 17.0 Å². The van der Waals surface area contributed by atoms with Crippen LogP contribution in [0.3, 0.4) is 0 Å². The maximum Gasteiger partial charge on any atom is 0.252 e. The van der Waals surface area contributed by atoms with E-state index in [0.717, 1.165) is 11.6 Å². The number of allylic oxidation sites excluding steroid dienone is 1. The van der Waals surface area contributed by atoms with Gasteiger partial charge in [-0.1, -0.05) is 74.5 Å². The molecule has 0 aliphatic carbocycles. The van der Waals surface area contributed by atoms with Gasteiger partial charge in [0.15, 0.2) is 0 Å². The number of nitrogens with two attached hydrogens (primary N) is 2. The van der Waals surface area contributed by atoms with Crippen molar-refractivity contribution in [2.45, 2.75) is 13.8 Å². The zero-order valence-corrected chi connectivity index (χ0v) is 37.9. The monoisotopic (exact) mass is 932 g/mol. The number of aromatic nitrogens is 3. The highest BCUT2D eigenvalue weighted by Gasteiger charge is 2.27. The molecular weight excluding hydrogens is 886 g/mol. The second-order valence-corrected chi connectivity index (χ2v) is 15.6. The number of hydrogen-bond acceptors (Lipinski definition) is 10. The van der Waals surface area contributed by atoms with Crippen molar-refractivity contribution in [1.82, 2.24) is 24.8 Å². The van der Waals surface area contributed by atoms with Crippen molar-refractivity contribution in [1.29, 1.82) is 5.41 Å². The summed E-state index contributed by atoms with van der Waals surface area (Å²) in [5, 5.41) is 9.58. The van der Waals surface area contributed by atoms with Crippen LogP contribution in [-0.2, 0) is 9.59 Å². The minimum Gasteiger partial charge on any atom is -0.404 e. The Labute approximate surface area is 391 Å². The highest BCUT2D eigenvalue weighted by Crippen LogP contribution is 2.39. The number of piperazine rings is 2. The molecule has 5 N–H and O–H groups in total. The fourth-order valence-corrected chi connectivity index (χ4v) is 8.34. The van der Waals surface area contributed by atoms with Gasteiger partial charge in [-0.3, -0.25) is 19.4 Å². The highest BCUT2D eigenvalue weighted by atomic mass is 35.5. The zero-order chi connectivity index (χ0) is 47.7. The molecule has 0 radical (unpaired) electrons. The van der Waals surface area contributed by atoms with Crippen LogP contribution in [0.4, 0.5) is 20.3 Å². The average molecular weight is 934 g/mol. The maximum atomic E-state index is 14.8. The first-order valence-corrected chi connectivity index (χ1v) is 21.8. The summed E-state index contributed by atoms with van der Waals surface area (Å²) < 4.78 is 29.1. The minimum atomic E-state index is -0.608. The van der Waals surface area contributed by atoms with Gasteiger partial charge in [0.2, 0.25) is 11.8 Å². The predicted octanol–water partition coefficient (Wildman–Crippen LogP) is 8.53. The third kappa shape index (κ3) is 10.2. The lowest BCUT2D eigenvalue weighted by atomic mass is 9.98. The van der Waals surface area contributed by atoms with Gasteiger partial charge in [0.1, 0.15) is 23.8 Å². The van der Waals surface area contributed by atoms with Crippen LogP contribution >= 0.6 is 23.2 Å². The quantitative estimate of drug-likeness (QED) is 0.0947. The summed E-state index contributed by atoms with van der Waals surface area (Å²) in [6.45, 7) is 15.4. The van der Waals surface area contributed by atoms with Crippen molar-refractivity contribution in [2.24, 2.45) is 11.5 Å². The molecule has 0 atom stereocenters. The van der Waals surface area contributed by atoms with E-state index in [0.29, 0.717) is 118 Å². The van der Waals surface area contributed by atoms with Crippen LogP contribution in [0.1, 0.15) is 29.8 Å². The molecule has 2 aromatic heterocycles. The van der Waals surface area contributed by atoms with Gasteiger partial charge in [0.05, 0.1) is 22.3 Å². The van der Waals surface area contributed by atoms with E-state index in [1.807, 2.05) is 18.7 Å². The Morgan fingerprint density at radius 2 is 1.24 bits per heavy atom. The van der Waals surface area contributed by atoms with E-state index in [4.69, 9.17) is 40.1 Å². The van der Waals surface area contributed by atoms with E-state index < -0.39 is 11.7 Å². The van der Waals surface area contributed by atoms with Crippen molar-refractivity contribution < 1.29 is 23.2 Å². The number of nitrogens with one attached hydrogen (secondary N) is 1. The molecule has 3 amide bonds. The first-order chi connectivity index (χ1) is 31.9. The predicted molar refractivity (Wildman–Crippen MR) is 261 cm³/mol. The standard InChI is InChI=1S/C24H22ClFN6O.C23H20ClFN4O2.C2H6/c1-2-23(33)31-5-7-32(8-6-31)24-19-10-20(25)17(11-22(19)29-14-30-24)18-9-15(3-4-21(18)26)16(12-27)13-28;1-2-21(30)28-7-9-29(10-8-28)22-16-11-18(24)15(14-5-3-4-6-19(14)25)12-20(16)27-13-17(22)23(26)31;1-2/h2-4,9-14,27H,1,5-8,28H2;2-6,11-13H,1,7-10H2,(H2,26,31);1-2H3/b16-13+,27-12?;;. The van der Waals surface area contributed by atoms with Gasteiger partial charge in [0, 0.05) is 120 Å². The molecule has 13 nitrogen and oxygen atoms in total. The molecule has 4 aromatic carbocycles. The topological polar surface area (TPSA) is 179 Å². The number of primary amides is 1. The van der Waals surface area contributed by atoms with Gasteiger partial charge in [-0.2, -0.15) is 0 Å². The molecule has 0 unspecified atom stereocenters. The van der Waals surface area contributed by atoms with E-state index in [1.54, 1.807) is 64.4 Å². The molecule has 66 heavy (non-hydrogen) atoms. The highest BCUT2D eigenvalue weighted by molar-refractivity contribution is 6.35. The van der Waals surface area contributed by atoms with Crippen molar-refractivity contribution in [3.8, 4) is 22.3 Å². The van der Waals surface area contributed by atoms with Crippen molar-refractivity contribution in [3.63, 3.8) is 0 Å². The van der Waals surface area contributed by atoms with Gasteiger partial charge in [-0.15, -0.1) is 0 Å². The number of hydrogen-bond donors (Lipinski definition) is 3. The molecule has 17 heteroatoms. The molecule has 0 saturated carbocycles. The Morgan fingerprint density at radius 3 is 1.80 bits per heavy atom. The Morgan fingerprint density at radius 1 is 0.697 bits per heavy atom. The number of anilines is 2. The molecule has 340 valence electrons. The van der Waals surface area contributed by atoms with Gasteiger partial charge in [0.25, 0.3) is 5.91 Å². The molecule has 2 aliphatic heterocycles. The summed E-state index contributed by atoms with van der Waals surface area (Å²) in [6, 6.07) is 17.7. The summed E-state index contributed by atoms with van der Waals surface area (Å²) in [7, 11) is 0. The van der Waals surface area contributed by atoms with E-state index in [1.165, 1.54) is 43.0 Å². The summed E-state index contributed by atoms with van der Waals surface area (Å²) in [4.78, 5) is 56.6. The maximum absolute atomic E-state index is 14.8. The number of rotatable bonds is 9. The number of benzene rings is 4. The molecule has 0 bridgehead atoms. The number of carbonyl (C=O) groups excluding carboxylic acids is 3. The van der Waals surface area contributed by atoms with E-state index in [9.17, 15) is 23.2 Å². The molecule has 2 saturated heterocycles. The number of nitrogens with zero attached hydrogens (tertiary/aromatic N) is 7. The average Bonchev–Trinajstić information content (AvgIpc) is 3.34. The first-order valence-electron chi connectivity index (χ1n) is 21.0. The lowest BCUT2D eigenvalue weighted by Gasteiger charge is -2.36. The van der Waals surface area contributed by atoms with Crippen LogP contribution in [-0.4, -0.2) is 101 Å². The second kappa shape index (κ2) is 21.6. The van der Waals surface area contributed by atoms with E-state index >= 15 is 0 Å². The van der Waals surface area contributed by atoms with E-state index in [2.05, 4.69) is 33.0 Å². The van der Waals surface area contributed by atoms with Crippen LogP contribution in [0.25, 0.3) is 49.6 Å². The number of carbonyl (C=O) groups is 3. The summed E-state index contributed by atoms with van der Waals surface area (Å²) in [6.07, 6.45) is 7.92. The summed E-state index contributed by atoms with van der Waals surface area (Å²) in [5.74, 6) is -0.949. The normalized spacial score (nSPS) is 13.9. The summed E-state index contributed by atoms with van der Waals surface area (Å²) in [5.41, 5.74) is 16.0. The third-order valence-electron chi connectivity index (χ3n) is 11.1. The molecule has 6 aromatic rings. The first kappa shape index (κ1) is 48.2. The lowest BCUT2D eigenvalue weighted by molar-refractivity contribution is -0.127. The second-order valence-electron chi connectivity index (χ2n) is 14.8. The molecule has 4 heterocycles. The Balaban J connectivity index is 0.000000211. The lowest BCUT2D eigenvalue weighted by Crippen LogP contribution is -2.48. The fourth-order valence-electron chi connectivity index (χ4n) is 7.81. The fraction of sp³-hybridized carbons (Fsp3) is 0.204. The smallest absolute Gasteiger partial charge is 0.252 e. The Bertz CT molecular complexity index is 2880. The van der Waals surface area contributed by atoms with Crippen molar-refractivity contribution in [3.05, 3.63) is 144 Å². The number of pyridine rings is 1. The largest absolute Gasteiger partial charge is 0.404 e. The zero-order valence-electron chi connectivity index (χ0n) is 36.4. The molecule has 8 rings (SSSR count). The van der Waals surface area contributed by atoms with Crippen LogP contribution in [0.15, 0.2) is 111 Å². The van der Waals surface area contributed by atoms with Crippen molar-refractivity contribution >= 4 is 86.0 Å². The van der Waals surface area contributed by atoms with Crippen LogP contribution < -0.4 is 21.3 Å². The third-order valence-corrected chi connectivity index (χ3v) is 11.8. The minimum absolute atomic E-state index is 0.0882. The number of halogens is 4. The Kier molecular flexibility index (Phi) is 15.8.